The summed E-state index contributed by atoms with van der Waals surface area (Å²) in [4.78, 5) is 11.1. The molecule has 1 aromatic carbocycles. The second-order valence-corrected chi connectivity index (χ2v) is 8.09. The van der Waals surface area contributed by atoms with Crippen LogP contribution >= 0.6 is 0 Å². The Kier molecular flexibility index (Phi) is 4.39. The first kappa shape index (κ1) is 17.0. The zero-order valence-electron chi connectivity index (χ0n) is 15.5. The van der Waals surface area contributed by atoms with Gasteiger partial charge in [0, 0.05) is 30.4 Å². The Morgan fingerprint density at radius 2 is 1.92 bits per heavy atom. The lowest BCUT2D eigenvalue weighted by molar-refractivity contribution is 0.570. The van der Waals surface area contributed by atoms with Gasteiger partial charge < -0.3 is 10.6 Å². The van der Waals surface area contributed by atoms with Gasteiger partial charge in [-0.15, -0.1) is 0 Å². The third-order valence-electron chi connectivity index (χ3n) is 5.71. The summed E-state index contributed by atoms with van der Waals surface area (Å²) in [6.45, 7) is 4.38. The van der Waals surface area contributed by atoms with Gasteiger partial charge in [0.05, 0.1) is 11.4 Å². The van der Waals surface area contributed by atoms with E-state index in [1.165, 1.54) is 37.7 Å². The van der Waals surface area contributed by atoms with Gasteiger partial charge in [0.1, 0.15) is 12.1 Å². The minimum atomic E-state index is 0.381. The average molecular weight is 349 g/mol. The predicted molar refractivity (Wildman–Crippen MR) is 106 cm³/mol. The van der Waals surface area contributed by atoms with E-state index >= 15 is 0 Å². The van der Waals surface area contributed by atoms with Crippen molar-refractivity contribution in [1.82, 2.24) is 9.97 Å². The number of hydrogen-bond acceptors (Lipinski definition) is 5. The maximum Gasteiger partial charge on any atom is 0.132 e. The van der Waals surface area contributed by atoms with Crippen molar-refractivity contribution < 1.29 is 0 Å². The zero-order valence-corrected chi connectivity index (χ0v) is 15.5. The molecule has 3 N–H and O–H groups in total. The SMILES string of the molecule is CC1(Cc2ccc(N)c(C(=N)c3cc(N4CCCCC4)ncn3)c2)CC1. The monoisotopic (exact) mass is 349 g/mol. The molecule has 4 rings (SSSR count). The van der Waals surface area contributed by atoms with Crippen LogP contribution in [0.3, 0.4) is 0 Å². The van der Waals surface area contributed by atoms with E-state index in [1.807, 2.05) is 12.1 Å². The van der Waals surface area contributed by atoms with Crippen LogP contribution in [-0.2, 0) is 6.42 Å². The Labute approximate surface area is 155 Å². The van der Waals surface area contributed by atoms with Crippen molar-refractivity contribution in [2.75, 3.05) is 23.7 Å². The fraction of sp³-hybridized carbons (Fsp3) is 0.476. The summed E-state index contributed by atoms with van der Waals surface area (Å²) in [5.41, 5.74) is 10.3. The molecule has 1 aliphatic heterocycles. The Balaban J connectivity index is 1.59. The molecule has 0 bridgehead atoms. The summed E-state index contributed by atoms with van der Waals surface area (Å²) >= 11 is 0. The van der Waals surface area contributed by atoms with Gasteiger partial charge in [-0.3, -0.25) is 5.41 Å². The minimum absolute atomic E-state index is 0.381. The number of nitrogens with two attached hydrogens (primary N) is 1. The molecule has 0 spiro atoms. The normalized spacial score (nSPS) is 18.6. The maximum atomic E-state index is 8.68. The molecule has 0 radical (unpaired) electrons. The van der Waals surface area contributed by atoms with Crippen molar-refractivity contribution in [3.8, 4) is 0 Å². The largest absolute Gasteiger partial charge is 0.398 e. The number of hydrogen-bond donors (Lipinski definition) is 2. The summed E-state index contributed by atoms with van der Waals surface area (Å²) in [7, 11) is 0. The number of nitrogens with one attached hydrogen (secondary N) is 1. The first-order valence-electron chi connectivity index (χ1n) is 9.59. The van der Waals surface area contributed by atoms with Crippen LogP contribution in [0.5, 0.6) is 0 Å². The Bertz CT molecular complexity index is 819. The van der Waals surface area contributed by atoms with Crippen molar-refractivity contribution in [3.05, 3.63) is 47.4 Å². The van der Waals surface area contributed by atoms with E-state index in [4.69, 9.17) is 11.1 Å². The van der Waals surface area contributed by atoms with Crippen molar-refractivity contribution in [3.63, 3.8) is 0 Å². The highest BCUT2D eigenvalue weighted by molar-refractivity contribution is 6.13. The Morgan fingerprint density at radius 3 is 2.65 bits per heavy atom. The minimum Gasteiger partial charge on any atom is -0.398 e. The van der Waals surface area contributed by atoms with Gasteiger partial charge in [-0.1, -0.05) is 13.0 Å². The van der Waals surface area contributed by atoms with E-state index in [2.05, 4.69) is 33.9 Å². The highest BCUT2D eigenvalue weighted by Crippen LogP contribution is 2.47. The van der Waals surface area contributed by atoms with Crippen LogP contribution in [0.1, 0.15) is 55.8 Å². The number of anilines is 2. The van der Waals surface area contributed by atoms with Gasteiger partial charge in [0.15, 0.2) is 0 Å². The Morgan fingerprint density at radius 1 is 1.15 bits per heavy atom. The number of rotatable bonds is 5. The molecule has 1 aromatic heterocycles. The molecule has 2 aliphatic rings. The molecular formula is C21H27N5. The number of aromatic nitrogens is 2. The van der Waals surface area contributed by atoms with Crippen LogP contribution in [0.15, 0.2) is 30.6 Å². The number of piperidine rings is 1. The number of nitrogen functional groups attached to an aromatic ring is 1. The molecule has 1 aliphatic carbocycles. The van der Waals surface area contributed by atoms with Crippen LogP contribution < -0.4 is 10.6 Å². The van der Waals surface area contributed by atoms with Gasteiger partial charge in [0.25, 0.3) is 0 Å². The predicted octanol–water partition coefficient (Wildman–Crippen LogP) is 3.81. The third-order valence-corrected chi connectivity index (χ3v) is 5.71. The van der Waals surface area contributed by atoms with Crippen LogP contribution in [0.2, 0.25) is 0 Å². The van der Waals surface area contributed by atoms with E-state index < -0.39 is 0 Å². The standard InChI is InChI=1S/C21H27N5/c1-21(7-8-21)13-15-5-6-17(22)16(11-15)20(23)18-12-19(25-14-24-18)26-9-3-2-4-10-26/h5-6,11-12,14,23H,2-4,7-10,13,22H2,1H3. The summed E-state index contributed by atoms with van der Waals surface area (Å²) in [6.07, 6.45) is 8.88. The first-order chi connectivity index (χ1) is 12.5. The van der Waals surface area contributed by atoms with Crippen LogP contribution in [-0.4, -0.2) is 28.8 Å². The summed E-state index contributed by atoms with van der Waals surface area (Å²) in [6, 6.07) is 8.03. The van der Waals surface area contributed by atoms with Gasteiger partial charge in [-0.25, -0.2) is 9.97 Å². The molecule has 1 saturated carbocycles. The molecule has 5 nitrogen and oxygen atoms in total. The molecule has 0 unspecified atom stereocenters. The fourth-order valence-electron chi connectivity index (χ4n) is 3.73. The smallest absolute Gasteiger partial charge is 0.132 e. The molecule has 2 fully saturated rings. The third kappa shape index (κ3) is 3.57. The molecule has 2 aromatic rings. The Hall–Kier alpha value is -2.43. The van der Waals surface area contributed by atoms with Crippen molar-refractivity contribution in [2.45, 2.75) is 45.4 Å². The second kappa shape index (κ2) is 6.71. The lowest BCUT2D eigenvalue weighted by Gasteiger charge is -2.27. The molecule has 26 heavy (non-hydrogen) atoms. The van der Waals surface area contributed by atoms with E-state index in [9.17, 15) is 0 Å². The van der Waals surface area contributed by atoms with E-state index in [0.717, 1.165) is 30.9 Å². The lowest BCUT2D eigenvalue weighted by Crippen LogP contribution is -2.30. The lowest BCUT2D eigenvalue weighted by atomic mass is 9.95. The summed E-state index contributed by atoms with van der Waals surface area (Å²) < 4.78 is 0. The van der Waals surface area contributed by atoms with E-state index in [1.54, 1.807) is 6.33 Å². The topological polar surface area (TPSA) is 78.9 Å². The van der Waals surface area contributed by atoms with E-state index in [-0.39, 0.29) is 0 Å². The van der Waals surface area contributed by atoms with Gasteiger partial charge in [-0.2, -0.15) is 0 Å². The first-order valence-corrected chi connectivity index (χ1v) is 9.59. The number of benzene rings is 1. The molecule has 2 heterocycles. The fourth-order valence-corrected chi connectivity index (χ4v) is 3.73. The maximum absolute atomic E-state index is 8.68. The highest BCUT2D eigenvalue weighted by Gasteiger charge is 2.37. The van der Waals surface area contributed by atoms with Crippen molar-refractivity contribution >= 4 is 17.2 Å². The molecule has 1 saturated heterocycles. The molecule has 5 heteroatoms. The second-order valence-electron chi connectivity index (χ2n) is 8.09. The molecule has 0 atom stereocenters. The summed E-state index contributed by atoms with van der Waals surface area (Å²) in [5.74, 6) is 0.916. The van der Waals surface area contributed by atoms with Crippen LogP contribution in [0.4, 0.5) is 11.5 Å². The van der Waals surface area contributed by atoms with Gasteiger partial charge >= 0.3 is 0 Å². The quantitative estimate of drug-likeness (QED) is 0.635. The summed E-state index contributed by atoms with van der Waals surface area (Å²) in [5, 5.41) is 8.68. The molecule has 136 valence electrons. The van der Waals surface area contributed by atoms with Crippen LogP contribution in [0.25, 0.3) is 0 Å². The van der Waals surface area contributed by atoms with Gasteiger partial charge in [-0.05, 0) is 61.6 Å². The van der Waals surface area contributed by atoms with Gasteiger partial charge in [0.2, 0.25) is 0 Å². The molecular weight excluding hydrogens is 322 g/mol. The van der Waals surface area contributed by atoms with Crippen molar-refractivity contribution in [1.29, 1.82) is 5.41 Å². The number of nitrogens with zero attached hydrogens (tertiary/aromatic N) is 3. The highest BCUT2D eigenvalue weighted by atomic mass is 15.2. The van der Waals surface area contributed by atoms with E-state index in [0.29, 0.717) is 22.5 Å². The van der Waals surface area contributed by atoms with Crippen LogP contribution in [0, 0.1) is 10.8 Å². The van der Waals surface area contributed by atoms with Crippen molar-refractivity contribution in [2.24, 2.45) is 5.41 Å². The average Bonchev–Trinajstić information content (AvgIpc) is 3.40. The molecule has 0 amide bonds. The zero-order chi connectivity index (χ0) is 18.1.